The number of anilines is 1. The summed E-state index contributed by atoms with van der Waals surface area (Å²) in [6.45, 7) is 6.09. The van der Waals surface area contributed by atoms with E-state index in [0.29, 0.717) is 75.5 Å². The van der Waals surface area contributed by atoms with Crippen molar-refractivity contribution in [2.75, 3.05) is 44.7 Å². The summed E-state index contributed by atoms with van der Waals surface area (Å²) in [7, 11) is -3.84. The van der Waals surface area contributed by atoms with E-state index in [1.165, 1.54) is 10.4 Å². The molecule has 0 unspecified atom stereocenters. The number of nitrogens with zero attached hydrogens (tertiary/aromatic N) is 2. The van der Waals surface area contributed by atoms with Crippen molar-refractivity contribution in [2.24, 2.45) is 5.92 Å². The molecule has 0 aromatic heterocycles. The lowest BCUT2D eigenvalue weighted by Crippen LogP contribution is -2.51. The average molecular weight is 494 g/mol. The van der Waals surface area contributed by atoms with Crippen molar-refractivity contribution in [3.63, 3.8) is 0 Å². The van der Waals surface area contributed by atoms with Gasteiger partial charge >= 0.3 is 0 Å². The standard InChI is InChI=1S/C23H31N3O7S/c1-15-12-18-19(33-16(2)21(27)24-18)13-20(15)34(29,30)26-7-3-4-17(14-26)22(28)25-8-5-23(6-9-25)31-10-11-32-23/h12-13,16-17H,3-11,14H2,1-2H3,(H,24,27)/t16-,17+/m0/s1. The Morgan fingerprint density at radius 1 is 1.15 bits per heavy atom. The lowest BCUT2D eigenvalue weighted by atomic mass is 9.96. The van der Waals surface area contributed by atoms with Crippen LogP contribution in [0.5, 0.6) is 5.75 Å². The summed E-state index contributed by atoms with van der Waals surface area (Å²) >= 11 is 0. The van der Waals surface area contributed by atoms with Gasteiger partial charge in [-0.3, -0.25) is 9.59 Å². The Morgan fingerprint density at radius 2 is 1.85 bits per heavy atom. The first-order chi connectivity index (χ1) is 16.2. The van der Waals surface area contributed by atoms with E-state index in [9.17, 15) is 18.0 Å². The molecule has 0 saturated carbocycles. The first-order valence-corrected chi connectivity index (χ1v) is 13.3. The third-order valence-electron chi connectivity index (χ3n) is 7.21. The van der Waals surface area contributed by atoms with Crippen LogP contribution >= 0.6 is 0 Å². The van der Waals surface area contributed by atoms with E-state index in [0.717, 1.165) is 0 Å². The number of carbonyl (C=O) groups excluding carboxylic acids is 2. The minimum Gasteiger partial charge on any atom is -0.479 e. The molecule has 4 heterocycles. The van der Waals surface area contributed by atoms with Gasteiger partial charge in [-0.15, -0.1) is 0 Å². The predicted molar refractivity (Wildman–Crippen MR) is 122 cm³/mol. The maximum Gasteiger partial charge on any atom is 0.265 e. The van der Waals surface area contributed by atoms with Gasteiger partial charge in [0, 0.05) is 45.1 Å². The Balaban J connectivity index is 1.30. The van der Waals surface area contributed by atoms with Gasteiger partial charge in [0.15, 0.2) is 11.9 Å². The number of fused-ring (bicyclic) bond motifs is 1. The third kappa shape index (κ3) is 4.19. The number of aryl methyl sites for hydroxylation is 1. The van der Waals surface area contributed by atoms with Crippen LogP contribution in [0.2, 0.25) is 0 Å². The highest BCUT2D eigenvalue weighted by atomic mass is 32.2. The summed E-state index contributed by atoms with van der Waals surface area (Å²) in [5.74, 6) is -0.873. The molecule has 4 aliphatic rings. The van der Waals surface area contributed by atoms with Gasteiger partial charge in [-0.2, -0.15) is 4.31 Å². The zero-order valence-corrected chi connectivity index (χ0v) is 20.4. The van der Waals surface area contributed by atoms with Crippen molar-refractivity contribution in [1.82, 2.24) is 9.21 Å². The van der Waals surface area contributed by atoms with Crippen LogP contribution in [0.4, 0.5) is 5.69 Å². The summed E-state index contributed by atoms with van der Waals surface area (Å²) in [4.78, 5) is 27.1. The van der Waals surface area contributed by atoms with E-state index in [-0.39, 0.29) is 29.2 Å². The number of hydrogen-bond acceptors (Lipinski definition) is 7. The molecule has 5 rings (SSSR count). The van der Waals surface area contributed by atoms with Crippen molar-refractivity contribution >= 4 is 27.5 Å². The van der Waals surface area contributed by atoms with E-state index in [1.807, 2.05) is 4.90 Å². The molecule has 11 heteroatoms. The van der Waals surface area contributed by atoms with E-state index in [2.05, 4.69) is 5.32 Å². The summed E-state index contributed by atoms with van der Waals surface area (Å²) < 4.78 is 45.7. The number of nitrogens with one attached hydrogen (secondary N) is 1. The largest absolute Gasteiger partial charge is 0.479 e. The molecular weight excluding hydrogens is 462 g/mol. The second-order valence-corrected chi connectivity index (χ2v) is 11.4. The van der Waals surface area contributed by atoms with E-state index < -0.39 is 21.9 Å². The monoisotopic (exact) mass is 493 g/mol. The first-order valence-electron chi connectivity index (χ1n) is 11.9. The lowest BCUT2D eigenvalue weighted by Gasteiger charge is -2.40. The molecule has 4 aliphatic heterocycles. The molecule has 10 nitrogen and oxygen atoms in total. The average Bonchev–Trinajstić information content (AvgIpc) is 3.27. The van der Waals surface area contributed by atoms with Crippen LogP contribution in [0, 0.1) is 12.8 Å². The highest BCUT2D eigenvalue weighted by Crippen LogP contribution is 2.37. The molecule has 34 heavy (non-hydrogen) atoms. The van der Waals surface area contributed by atoms with E-state index in [4.69, 9.17) is 14.2 Å². The molecule has 2 amide bonds. The number of amides is 2. The van der Waals surface area contributed by atoms with Crippen molar-refractivity contribution < 1.29 is 32.2 Å². The quantitative estimate of drug-likeness (QED) is 0.678. The van der Waals surface area contributed by atoms with Crippen LogP contribution in [0.3, 0.4) is 0 Å². The minimum absolute atomic E-state index is 0.00483. The Morgan fingerprint density at radius 3 is 2.56 bits per heavy atom. The van der Waals surface area contributed by atoms with Gasteiger partial charge < -0.3 is 24.4 Å². The Bertz CT molecular complexity index is 1090. The molecule has 1 spiro atoms. The predicted octanol–water partition coefficient (Wildman–Crippen LogP) is 1.48. The van der Waals surface area contributed by atoms with Gasteiger partial charge in [0.25, 0.3) is 5.91 Å². The maximum atomic E-state index is 13.6. The normalized spacial score (nSPS) is 27.2. The van der Waals surface area contributed by atoms with Crippen molar-refractivity contribution in [2.45, 2.75) is 56.3 Å². The van der Waals surface area contributed by atoms with Gasteiger partial charge in [0.05, 0.1) is 29.7 Å². The maximum absolute atomic E-state index is 13.6. The van der Waals surface area contributed by atoms with Crippen molar-refractivity contribution in [3.8, 4) is 5.75 Å². The Kier molecular flexibility index (Phi) is 6.07. The van der Waals surface area contributed by atoms with Gasteiger partial charge in [-0.1, -0.05) is 0 Å². The molecule has 3 saturated heterocycles. The van der Waals surface area contributed by atoms with Gasteiger partial charge in [0.1, 0.15) is 5.75 Å². The highest BCUT2D eigenvalue weighted by molar-refractivity contribution is 7.89. The summed E-state index contributed by atoms with van der Waals surface area (Å²) in [5.41, 5.74) is 0.980. The first kappa shape index (κ1) is 23.5. The van der Waals surface area contributed by atoms with Crippen molar-refractivity contribution in [1.29, 1.82) is 0 Å². The fourth-order valence-corrected chi connectivity index (χ4v) is 6.98. The zero-order chi connectivity index (χ0) is 24.1. The summed E-state index contributed by atoms with van der Waals surface area (Å²) in [6.07, 6.45) is 1.85. The Labute approximate surface area is 199 Å². The topological polar surface area (TPSA) is 114 Å². The van der Waals surface area contributed by atoms with E-state index in [1.54, 1.807) is 19.9 Å². The van der Waals surface area contributed by atoms with Crippen LogP contribution in [-0.4, -0.2) is 80.7 Å². The van der Waals surface area contributed by atoms with Crippen LogP contribution in [0.25, 0.3) is 0 Å². The molecule has 1 aromatic carbocycles. The summed E-state index contributed by atoms with van der Waals surface area (Å²) in [5, 5.41) is 2.74. The number of rotatable bonds is 3. The number of likely N-dealkylation sites (tertiary alicyclic amines) is 1. The van der Waals surface area contributed by atoms with Crippen molar-refractivity contribution in [3.05, 3.63) is 17.7 Å². The number of carbonyl (C=O) groups is 2. The molecule has 2 atom stereocenters. The second kappa shape index (κ2) is 8.78. The highest BCUT2D eigenvalue weighted by Gasteiger charge is 2.43. The number of sulfonamides is 1. The van der Waals surface area contributed by atoms with E-state index >= 15 is 0 Å². The number of ether oxygens (including phenoxy) is 3. The smallest absolute Gasteiger partial charge is 0.265 e. The Hall–Kier alpha value is -2.21. The second-order valence-electron chi connectivity index (χ2n) is 9.50. The molecule has 0 aliphatic carbocycles. The van der Waals surface area contributed by atoms with Crippen LogP contribution in [0.15, 0.2) is 17.0 Å². The molecule has 1 aromatic rings. The van der Waals surface area contributed by atoms with Gasteiger partial charge in [-0.25, -0.2) is 8.42 Å². The lowest BCUT2D eigenvalue weighted by molar-refractivity contribution is -0.188. The molecule has 186 valence electrons. The number of hydrogen-bond donors (Lipinski definition) is 1. The molecule has 0 bridgehead atoms. The third-order valence-corrected chi connectivity index (χ3v) is 9.22. The molecule has 3 fully saturated rings. The molecule has 0 radical (unpaired) electrons. The van der Waals surface area contributed by atoms with Gasteiger partial charge in [0.2, 0.25) is 15.9 Å². The number of benzene rings is 1. The molecular formula is C23H31N3O7S. The SMILES string of the molecule is Cc1cc2c(cc1S(=O)(=O)N1CCC[C@@H](C(=O)N3CCC4(CC3)OCCO4)C1)O[C@@H](C)C(=O)N2. The zero-order valence-electron chi connectivity index (χ0n) is 19.5. The number of piperidine rings is 2. The fraction of sp³-hybridized carbons (Fsp3) is 0.652. The molecule has 1 N–H and O–H groups in total. The van der Waals surface area contributed by atoms with Crippen LogP contribution in [-0.2, 0) is 29.1 Å². The van der Waals surface area contributed by atoms with Crippen LogP contribution in [0.1, 0.15) is 38.2 Å². The summed E-state index contributed by atoms with van der Waals surface area (Å²) in [6, 6.07) is 3.10. The fourth-order valence-electron chi connectivity index (χ4n) is 5.23. The minimum atomic E-state index is -3.84. The van der Waals surface area contributed by atoms with Gasteiger partial charge in [-0.05, 0) is 38.3 Å². The van der Waals surface area contributed by atoms with Crippen LogP contribution < -0.4 is 10.1 Å².